The van der Waals surface area contributed by atoms with Crippen LogP contribution in [0.15, 0.2) is 11.6 Å². The van der Waals surface area contributed by atoms with Crippen molar-refractivity contribution in [2.75, 3.05) is 6.61 Å². The summed E-state index contributed by atoms with van der Waals surface area (Å²) in [4.78, 5) is 37.9. The first-order valence-corrected chi connectivity index (χ1v) is 12.2. The summed E-state index contributed by atoms with van der Waals surface area (Å²) in [5.74, 6) is -0.506. The zero-order chi connectivity index (χ0) is 23.6. The van der Waals surface area contributed by atoms with Crippen molar-refractivity contribution in [3.8, 4) is 0 Å². The van der Waals surface area contributed by atoms with Crippen LogP contribution in [0.1, 0.15) is 73.1 Å². The van der Waals surface area contributed by atoms with Gasteiger partial charge in [0.05, 0.1) is 6.10 Å². The molecular formula is C26H38O6. The monoisotopic (exact) mass is 446 g/mol. The fraction of sp³-hybridized carbons (Fsp3) is 0.808. The molecule has 0 aromatic carbocycles. The molecule has 4 aliphatic carbocycles. The number of Topliss-reactive ketones (excluding diaryl/α,β-unsaturated/α-hetero) is 1. The molecule has 0 aliphatic heterocycles. The molecule has 4 rings (SSSR count). The minimum Gasteiger partial charge on any atom is -0.450 e. The molecule has 0 radical (unpaired) electrons. The van der Waals surface area contributed by atoms with Crippen molar-refractivity contribution in [3.05, 3.63) is 11.6 Å². The Morgan fingerprint density at radius 3 is 2.53 bits per heavy atom. The SMILES string of the molecule is CCC(=O)O[C@]1(C(=O)CO)C(C)C[C@H]2[C@@H]3CC(C)C4=CC(=O)CC[C@]4(C)[C@H]3C(O)C[C@@]21C. The highest BCUT2D eigenvalue weighted by molar-refractivity contribution is 5.93. The van der Waals surface area contributed by atoms with Gasteiger partial charge < -0.3 is 14.9 Å². The molecule has 3 unspecified atom stereocenters. The number of carbonyl (C=O) groups is 3. The standard InChI is InChI=1S/C26H38O6/c1-6-22(31)32-26(21(30)13-27)15(3)10-19-17-9-14(2)18-11-16(28)7-8-24(18,4)23(17)20(29)12-25(19,26)5/h11,14-15,17,19-20,23,27,29H,6-10,12-13H2,1-5H3/t14?,15?,17-,19-,20?,23+,24-,25-,26-/m0/s1. The van der Waals surface area contributed by atoms with Gasteiger partial charge >= 0.3 is 5.97 Å². The molecule has 9 atom stereocenters. The van der Waals surface area contributed by atoms with E-state index in [9.17, 15) is 24.6 Å². The Bertz CT molecular complexity index is 862. The van der Waals surface area contributed by atoms with E-state index in [1.807, 2.05) is 19.9 Å². The van der Waals surface area contributed by atoms with Gasteiger partial charge in [-0.25, -0.2) is 0 Å². The van der Waals surface area contributed by atoms with Gasteiger partial charge in [0, 0.05) is 24.2 Å². The Hall–Kier alpha value is -1.53. The summed E-state index contributed by atoms with van der Waals surface area (Å²) >= 11 is 0. The van der Waals surface area contributed by atoms with Crippen LogP contribution in [0.25, 0.3) is 0 Å². The van der Waals surface area contributed by atoms with Crippen LogP contribution >= 0.6 is 0 Å². The molecule has 0 aromatic heterocycles. The first-order valence-electron chi connectivity index (χ1n) is 12.2. The summed E-state index contributed by atoms with van der Waals surface area (Å²) in [6, 6.07) is 0. The third kappa shape index (κ3) is 2.94. The second-order valence-corrected chi connectivity index (χ2v) is 11.4. The Labute approximate surface area is 190 Å². The van der Waals surface area contributed by atoms with Crippen molar-refractivity contribution < 1.29 is 29.3 Å². The zero-order valence-corrected chi connectivity index (χ0v) is 20.0. The second-order valence-electron chi connectivity index (χ2n) is 11.4. The van der Waals surface area contributed by atoms with Crippen LogP contribution in [0.2, 0.25) is 0 Å². The minimum absolute atomic E-state index is 0.00484. The molecule has 32 heavy (non-hydrogen) atoms. The molecule has 2 N–H and O–H groups in total. The largest absolute Gasteiger partial charge is 0.450 e. The Balaban J connectivity index is 1.82. The van der Waals surface area contributed by atoms with Gasteiger partial charge in [0.2, 0.25) is 5.78 Å². The molecule has 0 spiro atoms. The van der Waals surface area contributed by atoms with Crippen molar-refractivity contribution >= 4 is 17.5 Å². The first-order chi connectivity index (χ1) is 15.0. The fourth-order valence-electron chi connectivity index (χ4n) is 8.67. The zero-order valence-electron chi connectivity index (χ0n) is 20.0. The average molecular weight is 447 g/mol. The number of fused-ring (bicyclic) bond motifs is 5. The van der Waals surface area contributed by atoms with Crippen LogP contribution in [-0.2, 0) is 19.1 Å². The number of allylic oxidation sites excluding steroid dienone is 1. The third-order valence-corrected chi connectivity index (χ3v) is 9.87. The maximum atomic E-state index is 13.3. The van der Waals surface area contributed by atoms with Gasteiger partial charge in [0.15, 0.2) is 11.4 Å². The molecule has 4 aliphatic rings. The van der Waals surface area contributed by atoms with E-state index in [2.05, 4.69) is 13.8 Å². The number of carbonyl (C=O) groups excluding carboxylic acids is 3. The van der Waals surface area contributed by atoms with E-state index in [1.54, 1.807) is 6.92 Å². The number of rotatable bonds is 4. The summed E-state index contributed by atoms with van der Waals surface area (Å²) in [7, 11) is 0. The van der Waals surface area contributed by atoms with E-state index in [1.165, 1.54) is 5.57 Å². The smallest absolute Gasteiger partial charge is 0.306 e. The van der Waals surface area contributed by atoms with Crippen LogP contribution in [0.4, 0.5) is 0 Å². The quantitative estimate of drug-likeness (QED) is 0.643. The number of aliphatic hydroxyl groups excluding tert-OH is 2. The maximum absolute atomic E-state index is 13.3. The van der Waals surface area contributed by atoms with Crippen molar-refractivity contribution in [1.29, 1.82) is 0 Å². The van der Waals surface area contributed by atoms with Gasteiger partial charge in [-0.3, -0.25) is 14.4 Å². The lowest BCUT2D eigenvalue weighted by Crippen LogP contribution is -2.64. The molecule has 0 heterocycles. The van der Waals surface area contributed by atoms with Crippen LogP contribution in [0.3, 0.4) is 0 Å². The minimum atomic E-state index is -1.42. The normalized spacial score (nSPS) is 47.7. The predicted molar refractivity (Wildman–Crippen MR) is 118 cm³/mol. The van der Waals surface area contributed by atoms with Gasteiger partial charge in [-0.1, -0.05) is 40.2 Å². The van der Waals surface area contributed by atoms with Crippen LogP contribution in [-0.4, -0.2) is 46.1 Å². The average Bonchev–Trinajstić information content (AvgIpc) is 2.95. The van der Waals surface area contributed by atoms with Crippen molar-refractivity contribution in [2.45, 2.75) is 84.8 Å². The molecule has 0 saturated heterocycles. The number of hydrogen-bond donors (Lipinski definition) is 2. The summed E-state index contributed by atoms with van der Waals surface area (Å²) < 4.78 is 5.97. The topological polar surface area (TPSA) is 101 Å². The van der Waals surface area contributed by atoms with Gasteiger partial charge in [-0.2, -0.15) is 0 Å². The van der Waals surface area contributed by atoms with Gasteiger partial charge in [-0.05, 0) is 60.8 Å². The molecule has 3 saturated carbocycles. The first kappa shape index (κ1) is 23.6. The second kappa shape index (κ2) is 7.76. The number of ether oxygens (including phenoxy) is 1. The fourth-order valence-corrected chi connectivity index (χ4v) is 8.67. The molecule has 0 aromatic rings. The van der Waals surface area contributed by atoms with Crippen molar-refractivity contribution in [3.63, 3.8) is 0 Å². The van der Waals surface area contributed by atoms with Crippen molar-refractivity contribution in [2.24, 2.45) is 40.4 Å². The van der Waals surface area contributed by atoms with E-state index in [4.69, 9.17) is 4.74 Å². The number of esters is 1. The van der Waals surface area contributed by atoms with E-state index < -0.39 is 35.5 Å². The van der Waals surface area contributed by atoms with Gasteiger partial charge in [0.1, 0.15) is 6.61 Å². The number of aliphatic hydroxyl groups is 2. The lowest BCUT2D eigenvalue weighted by molar-refractivity contribution is -0.208. The lowest BCUT2D eigenvalue weighted by atomic mass is 9.44. The van der Waals surface area contributed by atoms with Gasteiger partial charge in [-0.15, -0.1) is 0 Å². The molecule has 0 amide bonds. The molecule has 6 heteroatoms. The number of hydrogen-bond acceptors (Lipinski definition) is 6. The van der Waals surface area contributed by atoms with Crippen LogP contribution in [0.5, 0.6) is 0 Å². The van der Waals surface area contributed by atoms with Crippen molar-refractivity contribution in [1.82, 2.24) is 0 Å². The summed E-state index contributed by atoms with van der Waals surface area (Å²) in [6.07, 6.45) is 4.45. The van der Waals surface area contributed by atoms with Crippen LogP contribution < -0.4 is 0 Å². The molecule has 6 nitrogen and oxygen atoms in total. The Morgan fingerprint density at radius 2 is 1.91 bits per heavy atom. The van der Waals surface area contributed by atoms with E-state index in [0.29, 0.717) is 19.3 Å². The Morgan fingerprint density at radius 1 is 1.22 bits per heavy atom. The Kier molecular flexibility index (Phi) is 5.73. The molecule has 178 valence electrons. The van der Waals surface area contributed by atoms with E-state index >= 15 is 0 Å². The summed E-state index contributed by atoms with van der Waals surface area (Å²) in [6.45, 7) is 9.31. The van der Waals surface area contributed by atoms with E-state index in [-0.39, 0.29) is 47.2 Å². The molecule has 0 bridgehead atoms. The highest BCUT2D eigenvalue weighted by Crippen LogP contribution is 2.70. The summed E-state index contributed by atoms with van der Waals surface area (Å²) in [5.41, 5.74) is -1.25. The van der Waals surface area contributed by atoms with Crippen LogP contribution in [0, 0.1) is 40.4 Å². The lowest BCUT2D eigenvalue weighted by Gasteiger charge is -2.62. The summed E-state index contributed by atoms with van der Waals surface area (Å²) in [5, 5.41) is 21.5. The van der Waals surface area contributed by atoms with Gasteiger partial charge in [0.25, 0.3) is 0 Å². The predicted octanol–water partition coefficient (Wildman–Crippen LogP) is 3.23. The van der Waals surface area contributed by atoms with E-state index in [0.717, 1.165) is 12.8 Å². The number of ketones is 2. The molecular weight excluding hydrogens is 408 g/mol. The maximum Gasteiger partial charge on any atom is 0.306 e. The highest BCUT2D eigenvalue weighted by Gasteiger charge is 2.73. The highest BCUT2D eigenvalue weighted by atomic mass is 16.6. The third-order valence-electron chi connectivity index (χ3n) is 9.87. The molecule has 3 fully saturated rings.